The van der Waals surface area contributed by atoms with Crippen LogP contribution in [0.25, 0.3) is 0 Å². The van der Waals surface area contributed by atoms with Gasteiger partial charge in [-0.15, -0.1) is 0 Å². The van der Waals surface area contributed by atoms with Crippen molar-refractivity contribution in [2.75, 3.05) is 13.1 Å². The van der Waals surface area contributed by atoms with Crippen LogP contribution < -0.4 is 5.32 Å². The van der Waals surface area contributed by atoms with Crippen molar-refractivity contribution in [2.45, 2.75) is 59.0 Å². The average molecular weight is 258 g/mol. The highest BCUT2D eigenvalue weighted by Gasteiger charge is 2.28. The zero-order valence-electron chi connectivity index (χ0n) is 12.3. The number of aliphatic carboxylic acids is 1. The van der Waals surface area contributed by atoms with Crippen molar-refractivity contribution in [3.05, 3.63) is 0 Å². The first kappa shape index (κ1) is 16.9. The van der Waals surface area contributed by atoms with Gasteiger partial charge in [0.05, 0.1) is 0 Å². The highest BCUT2D eigenvalue weighted by Crippen LogP contribution is 2.14. The standard InChI is InChI=1S/C13H26N2O3/c1-12(2,3)14-8-7-10(16)15(9-11(17)18)13(4,5)6/h14H,7-9H2,1-6H3,(H,17,18). The number of carbonyl (C=O) groups excluding carboxylic acids is 1. The monoisotopic (exact) mass is 258 g/mol. The summed E-state index contributed by atoms with van der Waals surface area (Å²) in [5.41, 5.74) is -0.517. The number of rotatable bonds is 5. The lowest BCUT2D eigenvalue weighted by molar-refractivity contribution is -0.148. The predicted octanol–water partition coefficient (Wildman–Crippen LogP) is 1.48. The van der Waals surface area contributed by atoms with E-state index >= 15 is 0 Å². The molecule has 0 aromatic rings. The Morgan fingerprint density at radius 3 is 1.94 bits per heavy atom. The van der Waals surface area contributed by atoms with Gasteiger partial charge in [0.1, 0.15) is 6.54 Å². The van der Waals surface area contributed by atoms with Crippen molar-refractivity contribution in [3.8, 4) is 0 Å². The number of carboxylic acids is 1. The molecule has 1 amide bonds. The summed E-state index contributed by atoms with van der Waals surface area (Å²) in [6.07, 6.45) is 0.307. The van der Waals surface area contributed by atoms with E-state index < -0.39 is 11.5 Å². The van der Waals surface area contributed by atoms with E-state index in [1.54, 1.807) is 0 Å². The number of carbonyl (C=O) groups is 2. The smallest absolute Gasteiger partial charge is 0.323 e. The first-order chi connectivity index (χ1) is 7.93. The van der Waals surface area contributed by atoms with Crippen LogP contribution in [-0.2, 0) is 9.59 Å². The van der Waals surface area contributed by atoms with Crippen LogP contribution in [0.2, 0.25) is 0 Å². The maximum Gasteiger partial charge on any atom is 0.323 e. The van der Waals surface area contributed by atoms with Crippen LogP contribution in [0.5, 0.6) is 0 Å². The van der Waals surface area contributed by atoms with Crippen molar-refractivity contribution in [1.82, 2.24) is 10.2 Å². The fourth-order valence-electron chi connectivity index (χ4n) is 1.51. The molecule has 0 aromatic carbocycles. The predicted molar refractivity (Wildman–Crippen MR) is 71.5 cm³/mol. The van der Waals surface area contributed by atoms with E-state index in [-0.39, 0.29) is 18.0 Å². The van der Waals surface area contributed by atoms with Crippen molar-refractivity contribution in [3.63, 3.8) is 0 Å². The average Bonchev–Trinajstić information content (AvgIpc) is 2.09. The Morgan fingerprint density at radius 1 is 1.11 bits per heavy atom. The zero-order valence-corrected chi connectivity index (χ0v) is 12.3. The molecule has 0 unspecified atom stereocenters. The molecule has 0 saturated heterocycles. The Labute approximate surface area is 110 Å². The van der Waals surface area contributed by atoms with E-state index in [0.29, 0.717) is 13.0 Å². The molecule has 0 aliphatic heterocycles. The molecule has 0 radical (unpaired) electrons. The fourth-order valence-corrected chi connectivity index (χ4v) is 1.51. The molecular weight excluding hydrogens is 232 g/mol. The Hall–Kier alpha value is -1.10. The zero-order chi connectivity index (χ0) is 14.6. The van der Waals surface area contributed by atoms with Gasteiger partial charge in [-0.25, -0.2) is 0 Å². The third kappa shape index (κ3) is 7.27. The summed E-state index contributed by atoms with van der Waals surface area (Å²) in [4.78, 5) is 24.2. The van der Waals surface area contributed by atoms with E-state index in [1.165, 1.54) is 4.90 Å². The highest BCUT2D eigenvalue weighted by molar-refractivity contribution is 5.82. The Kier molecular flexibility index (Phi) is 5.80. The van der Waals surface area contributed by atoms with E-state index in [0.717, 1.165) is 0 Å². The first-order valence-electron chi connectivity index (χ1n) is 6.21. The van der Waals surface area contributed by atoms with Gasteiger partial charge in [-0.05, 0) is 41.5 Å². The molecule has 0 heterocycles. The van der Waals surface area contributed by atoms with Gasteiger partial charge in [-0.3, -0.25) is 9.59 Å². The molecule has 106 valence electrons. The van der Waals surface area contributed by atoms with Crippen LogP contribution >= 0.6 is 0 Å². The Morgan fingerprint density at radius 2 is 1.61 bits per heavy atom. The third-order valence-corrected chi connectivity index (χ3v) is 2.40. The second kappa shape index (κ2) is 6.18. The summed E-state index contributed by atoms with van der Waals surface area (Å²) >= 11 is 0. The maximum absolute atomic E-state index is 12.0. The number of nitrogens with one attached hydrogen (secondary N) is 1. The van der Waals surface area contributed by atoms with Gasteiger partial charge in [-0.1, -0.05) is 0 Å². The first-order valence-corrected chi connectivity index (χ1v) is 6.21. The van der Waals surface area contributed by atoms with E-state index in [2.05, 4.69) is 5.32 Å². The summed E-state index contributed by atoms with van der Waals surface area (Å²) in [6.45, 7) is 11.9. The molecule has 0 atom stereocenters. The topological polar surface area (TPSA) is 69.6 Å². The number of hydrogen-bond acceptors (Lipinski definition) is 3. The second-order valence-corrected chi connectivity index (χ2v) is 6.47. The van der Waals surface area contributed by atoms with Crippen molar-refractivity contribution < 1.29 is 14.7 Å². The normalized spacial score (nSPS) is 12.3. The Bertz CT molecular complexity index is 300. The van der Waals surface area contributed by atoms with Crippen LogP contribution in [-0.4, -0.2) is 46.1 Å². The number of carboxylic acid groups (broad SMARTS) is 1. The minimum absolute atomic E-state index is 0.0420. The van der Waals surface area contributed by atoms with Gasteiger partial charge in [0.15, 0.2) is 0 Å². The lowest BCUT2D eigenvalue weighted by Crippen LogP contribution is -2.49. The highest BCUT2D eigenvalue weighted by atomic mass is 16.4. The largest absolute Gasteiger partial charge is 0.480 e. The molecular formula is C13H26N2O3. The van der Waals surface area contributed by atoms with Crippen LogP contribution in [0.15, 0.2) is 0 Å². The summed E-state index contributed by atoms with van der Waals surface area (Å²) in [7, 11) is 0. The lowest BCUT2D eigenvalue weighted by atomic mass is 10.0. The van der Waals surface area contributed by atoms with Gasteiger partial charge in [-0.2, -0.15) is 0 Å². The van der Waals surface area contributed by atoms with Gasteiger partial charge in [0.25, 0.3) is 0 Å². The summed E-state index contributed by atoms with van der Waals surface area (Å²) in [5, 5.41) is 12.1. The van der Waals surface area contributed by atoms with Crippen molar-refractivity contribution >= 4 is 11.9 Å². The van der Waals surface area contributed by atoms with Gasteiger partial charge in [0.2, 0.25) is 5.91 Å². The van der Waals surface area contributed by atoms with Crippen LogP contribution in [0.4, 0.5) is 0 Å². The van der Waals surface area contributed by atoms with Gasteiger partial charge in [0, 0.05) is 24.0 Å². The molecule has 0 aromatic heterocycles. The van der Waals surface area contributed by atoms with E-state index in [4.69, 9.17) is 5.11 Å². The number of amides is 1. The van der Waals surface area contributed by atoms with Crippen molar-refractivity contribution in [2.24, 2.45) is 0 Å². The molecule has 0 spiro atoms. The number of hydrogen-bond donors (Lipinski definition) is 2. The molecule has 5 nitrogen and oxygen atoms in total. The SMILES string of the molecule is CC(C)(C)NCCC(=O)N(CC(=O)O)C(C)(C)C. The molecule has 18 heavy (non-hydrogen) atoms. The molecule has 2 N–H and O–H groups in total. The summed E-state index contributed by atoms with van der Waals surface area (Å²) < 4.78 is 0. The Balaban J connectivity index is 4.45. The fraction of sp³-hybridized carbons (Fsp3) is 0.846. The van der Waals surface area contributed by atoms with Crippen LogP contribution in [0.3, 0.4) is 0 Å². The summed E-state index contributed by atoms with van der Waals surface area (Å²) in [6, 6.07) is 0. The second-order valence-electron chi connectivity index (χ2n) is 6.47. The maximum atomic E-state index is 12.0. The van der Waals surface area contributed by atoms with E-state index in [9.17, 15) is 9.59 Å². The minimum atomic E-state index is -0.984. The molecule has 0 aliphatic carbocycles. The third-order valence-electron chi connectivity index (χ3n) is 2.40. The minimum Gasteiger partial charge on any atom is -0.480 e. The molecule has 0 saturated carbocycles. The van der Waals surface area contributed by atoms with Gasteiger partial charge >= 0.3 is 5.97 Å². The lowest BCUT2D eigenvalue weighted by Gasteiger charge is -2.34. The van der Waals surface area contributed by atoms with Gasteiger partial charge < -0.3 is 15.3 Å². The molecule has 0 aliphatic rings. The van der Waals surface area contributed by atoms with Crippen LogP contribution in [0, 0.1) is 0 Å². The number of nitrogens with zero attached hydrogens (tertiary/aromatic N) is 1. The van der Waals surface area contributed by atoms with E-state index in [1.807, 2.05) is 41.5 Å². The van der Waals surface area contributed by atoms with Crippen molar-refractivity contribution in [1.29, 1.82) is 0 Å². The molecule has 5 heteroatoms. The molecule has 0 rings (SSSR count). The molecule has 0 fully saturated rings. The van der Waals surface area contributed by atoms with Crippen LogP contribution in [0.1, 0.15) is 48.0 Å². The quantitative estimate of drug-likeness (QED) is 0.783. The summed E-state index contributed by atoms with van der Waals surface area (Å²) in [5.74, 6) is -1.12. The molecule has 0 bridgehead atoms.